The van der Waals surface area contributed by atoms with E-state index in [1.165, 1.54) is 26.9 Å². The van der Waals surface area contributed by atoms with Crippen LogP contribution in [0.15, 0.2) is 11.6 Å². The molecule has 4 rings (SSSR count). The van der Waals surface area contributed by atoms with E-state index in [9.17, 15) is 14.4 Å². The Morgan fingerprint density at radius 3 is 2.30 bits per heavy atom. The lowest BCUT2D eigenvalue weighted by atomic mass is 9.35. The van der Waals surface area contributed by atoms with Crippen LogP contribution in [0.1, 0.15) is 86.0 Å². The van der Waals surface area contributed by atoms with E-state index in [-0.39, 0.29) is 33.6 Å². The molecule has 3 fully saturated rings. The van der Waals surface area contributed by atoms with E-state index in [4.69, 9.17) is 9.47 Å². The van der Waals surface area contributed by atoms with Crippen molar-refractivity contribution in [3.05, 3.63) is 11.6 Å². The molecule has 7 atom stereocenters. The van der Waals surface area contributed by atoms with Gasteiger partial charge in [-0.1, -0.05) is 40.2 Å². The zero-order valence-corrected chi connectivity index (χ0v) is 21.4. The second kappa shape index (κ2) is 8.23. The Kier molecular flexibility index (Phi) is 6.11. The first-order valence-electron chi connectivity index (χ1n) is 12.8. The highest BCUT2D eigenvalue weighted by molar-refractivity contribution is 5.93. The van der Waals surface area contributed by atoms with Crippen molar-refractivity contribution in [1.29, 1.82) is 0 Å². The molecule has 0 saturated heterocycles. The summed E-state index contributed by atoms with van der Waals surface area (Å²) in [6.45, 7) is 11.5. The van der Waals surface area contributed by atoms with Gasteiger partial charge in [-0.15, -0.1) is 0 Å². The average Bonchev–Trinajstić information content (AvgIpc) is 2.75. The number of ether oxygens (including phenoxy) is 2. The van der Waals surface area contributed by atoms with Gasteiger partial charge in [0.2, 0.25) is 0 Å². The van der Waals surface area contributed by atoms with Crippen LogP contribution >= 0.6 is 0 Å². The lowest BCUT2D eigenvalue weighted by Crippen LogP contribution is -2.64. The van der Waals surface area contributed by atoms with Gasteiger partial charge in [0.25, 0.3) is 0 Å². The maximum Gasteiger partial charge on any atom is 0.334 e. The van der Waals surface area contributed by atoms with Crippen LogP contribution < -0.4 is 0 Å². The van der Waals surface area contributed by atoms with Crippen LogP contribution in [-0.2, 0) is 23.9 Å². The molecule has 4 aliphatic rings. The summed E-state index contributed by atoms with van der Waals surface area (Å²) in [5.74, 6) is 0.305. The third-order valence-corrected chi connectivity index (χ3v) is 10.8. The van der Waals surface area contributed by atoms with Crippen molar-refractivity contribution < 1.29 is 23.9 Å². The normalized spacial score (nSPS) is 43.8. The van der Waals surface area contributed by atoms with Crippen molar-refractivity contribution in [2.24, 2.45) is 45.3 Å². The number of hydrogen-bond acceptors (Lipinski definition) is 5. The van der Waals surface area contributed by atoms with E-state index in [0.717, 1.165) is 44.8 Å². The lowest BCUT2D eigenvalue weighted by molar-refractivity contribution is -0.221. The smallest absolute Gasteiger partial charge is 0.334 e. The lowest BCUT2D eigenvalue weighted by Gasteiger charge is -2.69. The highest BCUT2D eigenvalue weighted by Crippen LogP contribution is 2.73. The number of methoxy groups -OCH3 is 1. The van der Waals surface area contributed by atoms with Gasteiger partial charge in [0.1, 0.15) is 6.29 Å². The minimum atomic E-state index is -0.425. The molecule has 5 heteroatoms. The van der Waals surface area contributed by atoms with Gasteiger partial charge in [0, 0.05) is 17.9 Å². The number of rotatable bonds is 4. The largest absolute Gasteiger partial charge is 0.466 e. The van der Waals surface area contributed by atoms with Crippen LogP contribution in [0.25, 0.3) is 0 Å². The van der Waals surface area contributed by atoms with Crippen molar-refractivity contribution in [3.8, 4) is 0 Å². The van der Waals surface area contributed by atoms with Gasteiger partial charge < -0.3 is 14.3 Å². The van der Waals surface area contributed by atoms with Crippen molar-refractivity contribution >= 4 is 18.2 Å². The fraction of sp³-hybridized carbons (Fsp3) is 0.821. The summed E-state index contributed by atoms with van der Waals surface area (Å²) < 4.78 is 10.9. The highest BCUT2D eigenvalue weighted by Gasteiger charge is 2.67. The molecule has 3 saturated carbocycles. The van der Waals surface area contributed by atoms with Crippen LogP contribution in [-0.4, -0.2) is 31.9 Å². The Bertz CT molecular complexity index is 858. The van der Waals surface area contributed by atoms with E-state index in [2.05, 4.69) is 27.7 Å². The summed E-state index contributed by atoms with van der Waals surface area (Å²) in [6, 6.07) is 0. The number of esters is 2. The minimum Gasteiger partial charge on any atom is -0.466 e. The average molecular weight is 459 g/mol. The maximum atomic E-state index is 12.5. The van der Waals surface area contributed by atoms with Gasteiger partial charge in [-0.2, -0.15) is 0 Å². The van der Waals surface area contributed by atoms with E-state index in [0.29, 0.717) is 29.9 Å². The number of hydrogen-bond donors (Lipinski definition) is 0. The predicted molar refractivity (Wildman–Crippen MR) is 126 cm³/mol. The number of carbonyl (C=O) groups is 3. The fourth-order valence-electron chi connectivity index (χ4n) is 9.50. The SMILES string of the molecule is COC(=O)C1=CC[C@@H]2[C@](C)(CC[C@H]3[C@@]2(C)CC[C@H]2C(C)(C)CCC[C@@]23COC(C)=O)[C@@H]1C=O. The highest BCUT2D eigenvalue weighted by atomic mass is 16.5. The summed E-state index contributed by atoms with van der Waals surface area (Å²) in [5.41, 5.74) is 0.540. The number of allylic oxidation sites excluding steroid dienone is 1. The van der Waals surface area contributed by atoms with Gasteiger partial charge in [0.15, 0.2) is 0 Å². The first-order valence-corrected chi connectivity index (χ1v) is 12.8. The molecule has 33 heavy (non-hydrogen) atoms. The molecule has 0 unspecified atom stereocenters. The van der Waals surface area contributed by atoms with Crippen LogP contribution in [0.4, 0.5) is 0 Å². The molecule has 0 aromatic rings. The molecular weight excluding hydrogens is 416 g/mol. The minimum absolute atomic E-state index is 0.00916. The van der Waals surface area contributed by atoms with E-state index in [1.807, 2.05) is 6.08 Å². The third-order valence-electron chi connectivity index (χ3n) is 10.8. The van der Waals surface area contributed by atoms with Crippen LogP contribution in [0.5, 0.6) is 0 Å². The Balaban J connectivity index is 1.78. The summed E-state index contributed by atoms with van der Waals surface area (Å²) in [5, 5.41) is 0. The fourth-order valence-corrected chi connectivity index (χ4v) is 9.50. The van der Waals surface area contributed by atoms with Gasteiger partial charge in [-0.05, 0) is 78.9 Å². The molecule has 0 aliphatic heterocycles. The molecule has 0 spiro atoms. The van der Waals surface area contributed by atoms with Gasteiger partial charge in [-0.25, -0.2) is 4.79 Å². The Morgan fingerprint density at radius 1 is 1.00 bits per heavy atom. The molecule has 0 radical (unpaired) electrons. The first-order chi connectivity index (χ1) is 15.5. The second-order valence-electron chi connectivity index (χ2n) is 12.6. The second-order valence-corrected chi connectivity index (χ2v) is 12.6. The first kappa shape index (κ1) is 24.5. The van der Waals surface area contributed by atoms with E-state index in [1.54, 1.807) is 0 Å². The molecule has 5 nitrogen and oxygen atoms in total. The molecule has 0 heterocycles. The summed E-state index contributed by atoms with van der Waals surface area (Å²) in [6.07, 6.45) is 11.5. The van der Waals surface area contributed by atoms with Gasteiger partial charge in [0.05, 0.1) is 19.6 Å². The Labute approximate surface area is 199 Å². The van der Waals surface area contributed by atoms with E-state index < -0.39 is 5.92 Å². The van der Waals surface area contributed by atoms with Crippen molar-refractivity contribution in [2.75, 3.05) is 13.7 Å². The Morgan fingerprint density at radius 2 is 1.67 bits per heavy atom. The molecule has 0 N–H and O–H groups in total. The molecule has 4 aliphatic carbocycles. The zero-order valence-electron chi connectivity index (χ0n) is 21.4. The third kappa shape index (κ3) is 3.51. The van der Waals surface area contributed by atoms with Crippen LogP contribution in [0.2, 0.25) is 0 Å². The van der Waals surface area contributed by atoms with Gasteiger partial charge >= 0.3 is 11.9 Å². The zero-order chi connectivity index (χ0) is 24.2. The topological polar surface area (TPSA) is 69.7 Å². The summed E-state index contributed by atoms with van der Waals surface area (Å²) in [4.78, 5) is 36.8. The number of carbonyl (C=O) groups excluding carboxylic acids is 3. The van der Waals surface area contributed by atoms with Crippen molar-refractivity contribution in [3.63, 3.8) is 0 Å². The summed E-state index contributed by atoms with van der Waals surface area (Å²) in [7, 11) is 1.39. The molecular formula is C28H42O5. The summed E-state index contributed by atoms with van der Waals surface area (Å²) >= 11 is 0. The quantitative estimate of drug-likeness (QED) is 0.410. The number of aldehydes is 1. The van der Waals surface area contributed by atoms with Crippen LogP contribution in [0.3, 0.4) is 0 Å². The molecule has 0 aromatic heterocycles. The standard InChI is InChI=1S/C28H42O5/c1-18(30)33-17-28-13-7-12-25(2,3)21(28)10-15-27(5)22-9-8-19(24(31)32-6)20(16-29)26(22,4)14-11-23(27)28/h8,16,20-23H,7,9-15,17H2,1-6H3/t20-,21+,22-,23+,26-,27+,28-/m1/s1. The van der Waals surface area contributed by atoms with E-state index >= 15 is 0 Å². The maximum absolute atomic E-state index is 12.5. The monoisotopic (exact) mass is 458 g/mol. The van der Waals surface area contributed by atoms with Gasteiger partial charge in [-0.3, -0.25) is 4.79 Å². The Hall–Kier alpha value is -1.65. The van der Waals surface area contributed by atoms with Crippen molar-refractivity contribution in [2.45, 2.75) is 86.0 Å². The molecule has 184 valence electrons. The van der Waals surface area contributed by atoms with Crippen LogP contribution in [0, 0.1) is 45.3 Å². The predicted octanol–water partition coefficient (Wildman–Crippen LogP) is 5.51. The molecule has 0 bridgehead atoms. The van der Waals surface area contributed by atoms with Crippen molar-refractivity contribution in [1.82, 2.24) is 0 Å². The molecule has 0 amide bonds. The number of fused-ring (bicyclic) bond motifs is 5. The molecule has 0 aromatic carbocycles.